The van der Waals surface area contributed by atoms with Crippen LogP contribution in [0.2, 0.25) is 0 Å². The van der Waals surface area contributed by atoms with Gasteiger partial charge in [-0.15, -0.1) is 0 Å². The molecule has 0 aromatic heterocycles. The molecule has 1 aliphatic rings. The molecule has 19 heavy (non-hydrogen) atoms. The van der Waals surface area contributed by atoms with Crippen LogP contribution in [-0.4, -0.2) is 28.9 Å². The Morgan fingerprint density at radius 3 is 2.68 bits per heavy atom. The zero-order valence-corrected chi connectivity index (χ0v) is 11.5. The molecule has 0 aliphatic heterocycles. The Kier molecular flexibility index (Phi) is 4.51. The smallest absolute Gasteiger partial charge is 0.251 e. The SMILES string of the molecule is O=C1CCC(O)C(NC(=O)c2ccc(OP)cc2)C1. The van der Waals surface area contributed by atoms with E-state index in [1.165, 1.54) is 0 Å². The lowest BCUT2D eigenvalue weighted by Crippen LogP contribution is -2.47. The zero-order valence-electron chi connectivity index (χ0n) is 10.3. The summed E-state index contributed by atoms with van der Waals surface area (Å²) in [5, 5.41) is 12.5. The molecule has 0 bridgehead atoms. The lowest BCUT2D eigenvalue weighted by atomic mass is 9.91. The van der Waals surface area contributed by atoms with Crippen molar-refractivity contribution >= 4 is 21.2 Å². The fourth-order valence-corrected chi connectivity index (χ4v) is 2.23. The van der Waals surface area contributed by atoms with E-state index in [0.717, 1.165) is 0 Å². The van der Waals surface area contributed by atoms with Crippen LogP contribution in [-0.2, 0) is 4.79 Å². The quantitative estimate of drug-likeness (QED) is 0.813. The molecular weight excluding hydrogens is 265 g/mol. The third-order valence-electron chi connectivity index (χ3n) is 3.20. The van der Waals surface area contributed by atoms with E-state index in [1.54, 1.807) is 24.3 Å². The van der Waals surface area contributed by atoms with E-state index in [0.29, 0.717) is 24.2 Å². The molecule has 1 aromatic carbocycles. The second kappa shape index (κ2) is 6.13. The van der Waals surface area contributed by atoms with E-state index in [2.05, 4.69) is 14.8 Å². The van der Waals surface area contributed by atoms with E-state index < -0.39 is 12.1 Å². The molecule has 102 valence electrons. The van der Waals surface area contributed by atoms with Crippen molar-refractivity contribution in [2.75, 3.05) is 0 Å². The van der Waals surface area contributed by atoms with Gasteiger partial charge in [0.2, 0.25) is 0 Å². The number of hydrogen-bond donors (Lipinski definition) is 2. The first-order valence-electron chi connectivity index (χ1n) is 6.07. The molecule has 0 radical (unpaired) electrons. The summed E-state index contributed by atoms with van der Waals surface area (Å²) in [6, 6.07) is 6.11. The number of aliphatic hydroxyl groups excluding tert-OH is 1. The van der Waals surface area contributed by atoms with Crippen molar-refractivity contribution in [3.8, 4) is 5.75 Å². The van der Waals surface area contributed by atoms with Gasteiger partial charge in [0.05, 0.1) is 21.6 Å². The number of aliphatic hydroxyl groups is 1. The maximum Gasteiger partial charge on any atom is 0.251 e. The average molecular weight is 281 g/mol. The molecule has 1 saturated carbocycles. The van der Waals surface area contributed by atoms with Crippen LogP contribution in [0.3, 0.4) is 0 Å². The number of ketones is 1. The number of Topliss-reactive ketones (excluding diaryl/α,β-unsaturated/α-hetero) is 1. The van der Waals surface area contributed by atoms with E-state index in [9.17, 15) is 14.7 Å². The van der Waals surface area contributed by atoms with Gasteiger partial charge < -0.3 is 14.9 Å². The van der Waals surface area contributed by atoms with Crippen molar-refractivity contribution in [1.29, 1.82) is 0 Å². The van der Waals surface area contributed by atoms with Gasteiger partial charge in [-0.05, 0) is 30.7 Å². The third-order valence-corrected chi connectivity index (χ3v) is 3.47. The highest BCUT2D eigenvalue weighted by atomic mass is 31.0. The summed E-state index contributed by atoms with van der Waals surface area (Å²) < 4.78 is 4.93. The molecule has 1 fully saturated rings. The second-order valence-electron chi connectivity index (χ2n) is 4.57. The lowest BCUT2D eigenvalue weighted by Gasteiger charge is -2.27. The molecule has 6 heteroatoms. The van der Waals surface area contributed by atoms with Crippen LogP contribution in [0, 0.1) is 0 Å². The third kappa shape index (κ3) is 3.52. The summed E-state index contributed by atoms with van der Waals surface area (Å²) in [5.41, 5.74) is 0.469. The summed E-state index contributed by atoms with van der Waals surface area (Å²) in [7, 11) is 2.13. The van der Waals surface area contributed by atoms with Crippen LogP contribution >= 0.6 is 9.47 Å². The van der Waals surface area contributed by atoms with Crippen molar-refractivity contribution in [3.63, 3.8) is 0 Å². The van der Waals surface area contributed by atoms with Gasteiger partial charge in [-0.2, -0.15) is 0 Å². The molecule has 0 spiro atoms. The number of carbonyl (C=O) groups is 2. The van der Waals surface area contributed by atoms with Crippen molar-refractivity contribution < 1.29 is 19.2 Å². The summed E-state index contributed by atoms with van der Waals surface area (Å²) in [5.74, 6) is 0.408. The van der Waals surface area contributed by atoms with Crippen LogP contribution in [0.25, 0.3) is 0 Å². The predicted molar refractivity (Wildman–Crippen MR) is 72.9 cm³/mol. The highest BCUT2D eigenvalue weighted by Crippen LogP contribution is 2.17. The summed E-state index contributed by atoms with van der Waals surface area (Å²) >= 11 is 0. The Balaban J connectivity index is 2.01. The van der Waals surface area contributed by atoms with Gasteiger partial charge in [0.25, 0.3) is 5.91 Å². The van der Waals surface area contributed by atoms with E-state index in [1.807, 2.05) is 0 Å². The first-order chi connectivity index (χ1) is 9.10. The molecule has 1 aromatic rings. The average Bonchev–Trinajstić information content (AvgIpc) is 2.43. The maximum atomic E-state index is 12.0. The van der Waals surface area contributed by atoms with Crippen molar-refractivity contribution in [2.45, 2.75) is 31.4 Å². The van der Waals surface area contributed by atoms with Crippen molar-refractivity contribution in [2.24, 2.45) is 0 Å². The number of benzene rings is 1. The molecule has 3 atom stereocenters. The summed E-state index contributed by atoms with van der Waals surface area (Å²) in [6.07, 6.45) is 0.327. The normalized spacial score (nSPS) is 22.9. The van der Waals surface area contributed by atoms with Gasteiger partial charge in [-0.3, -0.25) is 9.59 Å². The fraction of sp³-hybridized carbons (Fsp3) is 0.385. The Morgan fingerprint density at radius 1 is 1.37 bits per heavy atom. The van der Waals surface area contributed by atoms with Crippen LogP contribution < -0.4 is 9.84 Å². The van der Waals surface area contributed by atoms with Gasteiger partial charge in [-0.25, -0.2) is 0 Å². The zero-order chi connectivity index (χ0) is 13.8. The summed E-state index contributed by atoms with van der Waals surface area (Å²) in [6.45, 7) is 0. The highest BCUT2D eigenvalue weighted by Gasteiger charge is 2.29. The Morgan fingerprint density at radius 2 is 2.05 bits per heavy atom. The van der Waals surface area contributed by atoms with Gasteiger partial charge in [0, 0.05) is 18.4 Å². The minimum Gasteiger partial charge on any atom is -0.480 e. The number of hydrogen-bond acceptors (Lipinski definition) is 4. The molecule has 0 saturated heterocycles. The van der Waals surface area contributed by atoms with Crippen LogP contribution in [0.5, 0.6) is 5.75 Å². The van der Waals surface area contributed by atoms with Crippen molar-refractivity contribution in [3.05, 3.63) is 29.8 Å². The van der Waals surface area contributed by atoms with Crippen molar-refractivity contribution in [1.82, 2.24) is 5.32 Å². The first-order valence-corrected chi connectivity index (χ1v) is 6.54. The molecule has 5 nitrogen and oxygen atoms in total. The van der Waals surface area contributed by atoms with Crippen LogP contribution in [0.4, 0.5) is 0 Å². The number of nitrogens with one attached hydrogen (secondary N) is 1. The summed E-state index contributed by atoms with van der Waals surface area (Å²) in [4.78, 5) is 23.3. The minimum atomic E-state index is -0.656. The molecule has 3 unspecified atom stereocenters. The van der Waals surface area contributed by atoms with Crippen LogP contribution in [0.15, 0.2) is 24.3 Å². The molecule has 0 heterocycles. The number of rotatable bonds is 3. The fourth-order valence-electron chi connectivity index (χ4n) is 2.08. The number of carbonyl (C=O) groups excluding carboxylic acids is 2. The number of amides is 1. The molecule has 1 amide bonds. The van der Waals surface area contributed by atoms with Gasteiger partial charge in [0.15, 0.2) is 0 Å². The monoisotopic (exact) mass is 281 g/mol. The van der Waals surface area contributed by atoms with E-state index >= 15 is 0 Å². The second-order valence-corrected chi connectivity index (χ2v) is 4.81. The van der Waals surface area contributed by atoms with Gasteiger partial charge in [0.1, 0.15) is 11.5 Å². The van der Waals surface area contributed by atoms with Gasteiger partial charge >= 0.3 is 0 Å². The first kappa shape index (κ1) is 14.0. The molecule has 2 N–H and O–H groups in total. The van der Waals surface area contributed by atoms with E-state index in [4.69, 9.17) is 4.52 Å². The minimum absolute atomic E-state index is 0.0716. The molecule has 1 aliphatic carbocycles. The highest BCUT2D eigenvalue weighted by molar-refractivity contribution is 7.10. The van der Waals surface area contributed by atoms with Crippen LogP contribution in [0.1, 0.15) is 29.6 Å². The molecule has 2 rings (SSSR count). The van der Waals surface area contributed by atoms with Gasteiger partial charge in [-0.1, -0.05) is 0 Å². The lowest BCUT2D eigenvalue weighted by molar-refractivity contribution is -0.122. The molecular formula is C13H16NO4P. The Bertz CT molecular complexity index is 474. The van der Waals surface area contributed by atoms with E-state index in [-0.39, 0.29) is 18.1 Å². The Hall–Kier alpha value is -1.45. The Labute approximate surface area is 113 Å². The topological polar surface area (TPSA) is 75.6 Å². The predicted octanol–water partition coefficient (Wildman–Crippen LogP) is 1.07. The largest absolute Gasteiger partial charge is 0.480 e. The standard InChI is InChI=1S/C13H16NO4P/c15-9-3-6-12(16)11(7-9)14-13(17)8-1-4-10(18-19)5-2-8/h1-2,4-5,11-12,16H,3,6-7,19H2,(H,14,17). The maximum absolute atomic E-state index is 12.0.